The SMILES string of the molecule is CC(O)CC(C)(C)CNC(=O)NCc1ncc(C(C)(C)C)o1. The molecule has 0 aliphatic rings. The average molecular weight is 311 g/mol. The van der Waals surface area contributed by atoms with Gasteiger partial charge in [-0.1, -0.05) is 34.6 Å². The molecule has 1 rings (SSSR count). The number of carbonyl (C=O) groups is 1. The van der Waals surface area contributed by atoms with Gasteiger partial charge < -0.3 is 20.2 Å². The fraction of sp³-hybridized carbons (Fsp3) is 0.750. The van der Waals surface area contributed by atoms with Gasteiger partial charge in [-0.25, -0.2) is 9.78 Å². The molecule has 0 saturated heterocycles. The number of hydrogen-bond acceptors (Lipinski definition) is 4. The van der Waals surface area contributed by atoms with Crippen LogP contribution in [0, 0.1) is 5.41 Å². The zero-order valence-corrected chi connectivity index (χ0v) is 14.5. The topological polar surface area (TPSA) is 87.4 Å². The smallest absolute Gasteiger partial charge is 0.315 e. The third-order valence-electron chi connectivity index (χ3n) is 3.27. The fourth-order valence-electron chi connectivity index (χ4n) is 2.15. The van der Waals surface area contributed by atoms with Crippen LogP contribution >= 0.6 is 0 Å². The van der Waals surface area contributed by atoms with Crippen LogP contribution in [0.3, 0.4) is 0 Å². The second-order valence-corrected chi connectivity index (χ2v) is 7.62. The van der Waals surface area contributed by atoms with Crippen molar-refractivity contribution in [2.75, 3.05) is 6.54 Å². The van der Waals surface area contributed by atoms with Crippen LogP contribution in [0.15, 0.2) is 10.6 Å². The molecule has 0 fully saturated rings. The maximum Gasteiger partial charge on any atom is 0.315 e. The minimum atomic E-state index is -0.386. The molecule has 1 aromatic rings. The van der Waals surface area contributed by atoms with E-state index in [-0.39, 0.29) is 29.5 Å². The molecule has 0 aliphatic carbocycles. The Hall–Kier alpha value is -1.56. The number of oxazole rings is 1. The molecule has 0 spiro atoms. The molecule has 0 saturated carbocycles. The lowest BCUT2D eigenvalue weighted by Crippen LogP contribution is -2.41. The van der Waals surface area contributed by atoms with Gasteiger partial charge in [-0.05, 0) is 18.8 Å². The molecule has 126 valence electrons. The number of aromatic nitrogens is 1. The standard InChI is InChI=1S/C16H29N3O3/c1-11(20)7-16(5,6)10-19-14(21)18-9-13-17-8-12(22-13)15(2,3)4/h8,11,20H,7,9-10H2,1-6H3,(H2,18,19,21). The quantitative estimate of drug-likeness (QED) is 0.753. The molecule has 22 heavy (non-hydrogen) atoms. The summed E-state index contributed by atoms with van der Waals surface area (Å²) >= 11 is 0. The van der Waals surface area contributed by atoms with E-state index in [2.05, 4.69) is 15.6 Å². The average Bonchev–Trinajstić information content (AvgIpc) is 2.81. The van der Waals surface area contributed by atoms with Crippen LogP contribution in [-0.2, 0) is 12.0 Å². The lowest BCUT2D eigenvalue weighted by atomic mass is 9.87. The van der Waals surface area contributed by atoms with Crippen molar-refractivity contribution in [1.82, 2.24) is 15.6 Å². The Labute approximate surface area is 132 Å². The van der Waals surface area contributed by atoms with E-state index in [4.69, 9.17) is 4.42 Å². The van der Waals surface area contributed by atoms with E-state index in [9.17, 15) is 9.90 Å². The molecule has 1 atom stereocenters. The Morgan fingerprint density at radius 1 is 1.32 bits per heavy atom. The molecular weight excluding hydrogens is 282 g/mol. The third kappa shape index (κ3) is 6.47. The molecule has 0 aromatic carbocycles. The van der Waals surface area contributed by atoms with Gasteiger partial charge in [0, 0.05) is 12.0 Å². The van der Waals surface area contributed by atoms with Crippen LogP contribution in [0.4, 0.5) is 4.79 Å². The van der Waals surface area contributed by atoms with Gasteiger partial charge in [0.1, 0.15) is 5.76 Å². The van der Waals surface area contributed by atoms with E-state index in [1.54, 1.807) is 13.1 Å². The normalized spacial score (nSPS) is 13.8. The number of aliphatic hydroxyl groups excluding tert-OH is 1. The summed E-state index contributed by atoms with van der Waals surface area (Å²) in [5, 5.41) is 15.0. The van der Waals surface area contributed by atoms with E-state index in [1.165, 1.54) is 0 Å². The van der Waals surface area contributed by atoms with Gasteiger partial charge in [-0.3, -0.25) is 0 Å². The Kier molecular flexibility index (Phi) is 6.00. The van der Waals surface area contributed by atoms with E-state index >= 15 is 0 Å². The second-order valence-electron chi connectivity index (χ2n) is 7.62. The highest BCUT2D eigenvalue weighted by atomic mass is 16.4. The van der Waals surface area contributed by atoms with Crippen LogP contribution in [-0.4, -0.2) is 28.8 Å². The first-order chi connectivity index (χ1) is 9.99. The molecule has 1 heterocycles. The molecule has 6 nitrogen and oxygen atoms in total. The largest absolute Gasteiger partial charge is 0.443 e. The minimum absolute atomic E-state index is 0.0987. The first kappa shape index (κ1) is 18.5. The maximum absolute atomic E-state index is 11.8. The molecule has 0 bridgehead atoms. The van der Waals surface area contributed by atoms with E-state index in [1.807, 2.05) is 34.6 Å². The van der Waals surface area contributed by atoms with Gasteiger partial charge in [0.25, 0.3) is 0 Å². The van der Waals surface area contributed by atoms with Crippen LogP contribution in [0.1, 0.15) is 59.6 Å². The Balaban J connectivity index is 2.39. The summed E-state index contributed by atoms with van der Waals surface area (Å²) in [6.07, 6.45) is 1.94. The minimum Gasteiger partial charge on any atom is -0.443 e. The number of urea groups is 1. The number of carbonyl (C=O) groups excluding carboxylic acids is 1. The fourth-order valence-corrected chi connectivity index (χ4v) is 2.15. The summed E-state index contributed by atoms with van der Waals surface area (Å²) in [6, 6.07) is -0.269. The lowest BCUT2D eigenvalue weighted by Gasteiger charge is -2.26. The van der Waals surface area contributed by atoms with Crippen molar-refractivity contribution in [3.8, 4) is 0 Å². The molecular formula is C16H29N3O3. The van der Waals surface area contributed by atoms with Gasteiger partial charge in [-0.15, -0.1) is 0 Å². The van der Waals surface area contributed by atoms with Crippen molar-refractivity contribution in [2.45, 2.75) is 66.0 Å². The highest BCUT2D eigenvalue weighted by Gasteiger charge is 2.22. The lowest BCUT2D eigenvalue weighted by molar-refractivity contribution is 0.129. The molecule has 1 unspecified atom stereocenters. The number of amides is 2. The number of rotatable bonds is 6. The first-order valence-corrected chi connectivity index (χ1v) is 7.64. The van der Waals surface area contributed by atoms with E-state index < -0.39 is 0 Å². The van der Waals surface area contributed by atoms with Crippen LogP contribution in [0.2, 0.25) is 0 Å². The maximum atomic E-state index is 11.8. The molecule has 0 aliphatic heterocycles. The Morgan fingerprint density at radius 3 is 2.45 bits per heavy atom. The predicted molar refractivity (Wildman–Crippen MR) is 85.5 cm³/mol. The second kappa shape index (κ2) is 7.13. The monoisotopic (exact) mass is 311 g/mol. The first-order valence-electron chi connectivity index (χ1n) is 7.64. The number of hydrogen-bond donors (Lipinski definition) is 3. The zero-order chi connectivity index (χ0) is 17.0. The van der Waals surface area contributed by atoms with Crippen molar-refractivity contribution < 1.29 is 14.3 Å². The third-order valence-corrected chi connectivity index (χ3v) is 3.27. The summed E-state index contributed by atoms with van der Waals surface area (Å²) < 4.78 is 5.61. The molecule has 3 N–H and O–H groups in total. The Morgan fingerprint density at radius 2 is 1.95 bits per heavy atom. The zero-order valence-electron chi connectivity index (χ0n) is 14.5. The van der Waals surface area contributed by atoms with Gasteiger partial charge >= 0.3 is 6.03 Å². The summed E-state index contributed by atoms with van der Waals surface area (Å²) in [6.45, 7) is 12.6. The Bertz CT molecular complexity index is 487. The van der Waals surface area contributed by atoms with E-state index in [0.29, 0.717) is 18.9 Å². The summed E-state index contributed by atoms with van der Waals surface area (Å²) in [7, 11) is 0. The van der Waals surface area contributed by atoms with Crippen molar-refractivity contribution in [1.29, 1.82) is 0 Å². The van der Waals surface area contributed by atoms with Crippen LogP contribution in [0.25, 0.3) is 0 Å². The number of aliphatic hydroxyl groups is 1. The highest BCUT2D eigenvalue weighted by molar-refractivity contribution is 5.73. The highest BCUT2D eigenvalue weighted by Crippen LogP contribution is 2.22. The van der Waals surface area contributed by atoms with Crippen molar-refractivity contribution in [2.24, 2.45) is 5.41 Å². The number of nitrogens with zero attached hydrogens (tertiary/aromatic N) is 1. The van der Waals surface area contributed by atoms with Gasteiger partial charge in [0.05, 0.1) is 18.8 Å². The van der Waals surface area contributed by atoms with Crippen LogP contribution < -0.4 is 10.6 Å². The summed E-state index contributed by atoms with van der Waals surface area (Å²) in [4.78, 5) is 16.0. The van der Waals surface area contributed by atoms with Gasteiger partial charge in [0.15, 0.2) is 0 Å². The van der Waals surface area contributed by atoms with Crippen molar-refractivity contribution in [3.63, 3.8) is 0 Å². The van der Waals surface area contributed by atoms with Crippen molar-refractivity contribution >= 4 is 6.03 Å². The van der Waals surface area contributed by atoms with Crippen LogP contribution in [0.5, 0.6) is 0 Å². The number of nitrogens with one attached hydrogen (secondary N) is 2. The molecule has 2 amide bonds. The van der Waals surface area contributed by atoms with Crippen molar-refractivity contribution in [3.05, 3.63) is 17.8 Å². The molecule has 6 heteroatoms. The summed E-state index contributed by atoms with van der Waals surface area (Å²) in [5.41, 5.74) is -0.258. The predicted octanol–water partition coefficient (Wildman–Crippen LogP) is 2.57. The molecule has 0 radical (unpaired) electrons. The van der Waals surface area contributed by atoms with Gasteiger partial charge in [-0.2, -0.15) is 0 Å². The molecule has 1 aromatic heterocycles. The van der Waals surface area contributed by atoms with E-state index in [0.717, 1.165) is 5.76 Å². The van der Waals surface area contributed by atoms with Gasteiger partial charge in [0.2, 0.25) is 5.89 Å². The summed E-state index contributed by atoms with van der Waals surface area (Å²) in [5.74, 6) is 1.28.